The van der Waals surface area contributed by atoms with Crippen molar-refractivity contribution in [1.29, 1.82) is 0 Å². The van der Waals surface area contributed by atoms with Gasteiger partial charge in [0.15, 0.2) is 23.0 Å². The monoisotopic (exact) mass is 416 g/mol. The summed E-state index contributed by atoms with van der Waals surface area (Å²) in [6.07, 6.45) is 4.86. The number of hydrogen-bond donors (Lipinski definition) is 2. The van der Waals surface area contributed by atoms with Crippen LogP contribution in [-0.2, 0) is 0 Å². The van der Waals surface area contributed by atoms with Crippen molar-refractivity contribution in [3.05, 3.63) is 41.5 Å². The molecule has 2 aromatic carbocycles. The highest BCUT2D eigenvalue weighted by molar-refractivity contribution is 5.73. The number of rotatable bonds is 13. The largest absolute Gasteiger partial charge is 0.493 e. The Morgan fingerprint density at radius 3 is 2.00 bits per heavy atom. The van der Waals surface area contributed by atoms with Gasteiger partial charge in [0.2, 0.25) is 5.75 Å². The van der Waals surface area contributed by atoms with Crippen LogP contribution in [0.25, 0.3) is 12.2 Å². The lowest BCUT2D eigenvalue weighted by molar-refractivity contribution is 0.288. The Morgan fingerprint density at radius 2 is 1.40 bits per heavy atom. The number of nitrogens with one attached hydrogen (secondary N) is 1. The van der Waals surface area contributed by atoms with Crippen LogP contribution in [0.5, 0.6) is 28.7 Å². The van der Waals surface area contributed by atoms with E-state index in [1.165, 1.54) is 0 Å². The van der Waals surface area contributed by atoms with E-state index in [-0.39, 0.29) is 0 Å². The van der Waals surface area contributed by atoms with Crippen LogP contribution in [0.4, 0.5) is 0 Å². The normalized spacial score (nSPS) is 10.8. The highest BCUT2D eigenvalue weighted by Crippen LogP contribution is 2.38. The molecule has 0 heterocycles. The van der Waals surface area contributed by atoms with Gasteiger partial charge in [0.25, 0.3) is 0 Å². The summed E-state index contributed by atoms with van der Waals surface area (Å²) in [5, 5.41) is 3.25. The van der Waals surface area contributed by atoms with Crippen LogP contribution in [0.3, 0.4) is 0 Å². The summed E-state index contributed by atoms with van der Waals surface area (Å²) >= 11 is 0. The summed E-state index contributed by atoms with van der Waals surface area (Å²) in [7, 11) is 6.42. The second-order valence-electron chi connectivity index (χ2n) is 6.44. The Labute approximate surface area is 178 Å². The fraction of sp³-hybridized carbons (Fsp3) is 0.391. The van der Waals surface area contributed by atoms with E-state index in [9.17, 15) is 0 Å². The first-order valence-electron chi connectivity index (χ1n) is 9.86. The fourth-order valence-corrected chi connectivity index (χ4v) is 2.91. The van der Waals surface area contributed by atoms with Gasteiger partial charge in [-0.25, -0.2) is 0 Å². The maximum absolute atomic E-state index is 5.92. The Balaban J connectivity index is 2.13. The van der Waals surface area contributed by atoms with Crippen LogP contribution in [0.1, 0.15) is 17.5 Å². The minimum atomic E-state index is 0.568. The summed E-state index contributed by atoms with van der Waals surface area (Å²) < 4.78 is 27.5. The lowest BCUT2D eigenvalue weighted by atomic mass is 10.1. The molecule has 7 heteroatoms. The smallest absolute Gasteiger partial charge is 0.203 e. The molecule has 3 N–H and O–H groups in total. The van der Waals surface area contributed by atoms with Crippen molar-refractivity contribution >= 4 is 12.2 Å². The molecule has 0 aliphatic carbocycles. The fourth-order valence-electron chi connectivity index (χ4n) is 2.91. The van der Waals surface area contributed by atoms with Gasteiger partial charge in [0.1, 0.15) is 0 Å². The van der Waals surface area contributed by atoms with E-state index in [4.69, 9.17) is 29.4 Å². The van der Waals surface area contributed by atoms with Crippen LogP contribution < -0.4 is 34.7 Å². The number of methoxy groups -OCH3 is 4. The Kier molecular flexibility index (Phi) is 9.83. The van der Waals surface area contributed by atoms with E-state index >= 15 is 0 Å². The molecule has 0 radical (unpaired) electrons. The van der Waals surface area contributed by atoms with Crippen molar-refractivity contribution in [3.63, 3.8) is 0 Å². The van der Waals surface area contributed by atoms with Crippen LogP contribution >= 0.6 is 0 Å². The molecule has 0 amide bonds. The van der Waals surface area contributed by atoms with Gasteiger partial charge in [-0.15, -0.1) is 0 Å². The van der Waals surface area contributed by atoms with E-state index in [0.717, 1.165) is 30.6 Å². The molecule has 0 bridgehead atoms. The molecule has 7 nitrogen and oxygen atoms in total. The van der Waals surface area contributed by atoms with E-state index in [0.29, 0.717) is 41.9 Å². The van der Waals surface area contributed by atoms with Crippen LogP contribution in [0.15, 0.2) is 30.3 Å². The maximum Gasteiger partial charge on any atom is 0.203 e. The van der Waals surface area contributed by atoms with Gasteiger partial charge in [-0.2, -0.15) is 0 Å². The first-order chi connectivity index (χ1) is 14.7. The van der Waals surface area contributed by atoms with E-state index in [1.807, 2.05) is 42.5 Å². The highest BCUT2D eigenvalue weighted by atomic mass is 16.5. The minimum absolute atomic E-state index is 0.568. The zero-order valence-electron chi connectivity index (χ0n) is 18.2. The quantitative estimate of drug-likeness (QED) is 0.383. The van der Waals surface area contributed by atoms with Crippen molar-refractivity contribution in [3.8, 4) is 28.7 Å². The molecule has 0 saturated heterocycles. The molecule has 0 fully saturated rings. The average molecular weight is 417 g/mol. The second kappa shape index (κ2) is 12.6. The molecule has 0 aliphatic heterocycles. The second-order valence-corrected chi connectivity index (χ2v) is 6.44. The molecule has 0 aliphatic rings. The van der Waals surface area contributed by atoms with E-state index < -0.39 is 0 Å². The predicted molar refractivity (Wildman–Crippen MR) is 120 cm³/mol. The van der Waals surface area contributed by atoms with Crippen LogP contribution in [0.2, 0.25) is 0 Å². The minimum Gasteiger partial charge on any atom is -0.493 e. The first-order valence-corrected chi connectivity index (χ1v) is 9.86. The molecule has 0 saturated carbocycles. The molecule has 0 atom stereocenters. The standard InChI is InChI=1S/C23H32N2O5/c1-26-19-9-8-17(14-20(19)30-13-5-11-25-12-10-24)6-7-18-15-21(27-2)23(29-4)22(16-18)28-3/h6-9,14-16,25H,5,10-13,24H2,1-4H3/b7-6-. The van der Waals surface area contributed by atoms with Gasteiger partial charge in [-0.05, 0) is 48.4 Å². The molecule has 0 unspecified atom stereocenters. The first kappa shape index (κ1) is 23.4. The Morgan fingerprint density at radius 1 is 0.767 bits per heavy atom. The number of nitrogens with two attached hydrogens (primary N) is 1. The Hall–Kier alpha value is -2.90. The molecule has 2 rings (SSSR count). The van der Waals surface area contributed by atoms with Crippen molar-refractivity contribution in [2.45, 2.75) is 6.42 Å². The predicted octanol–water partition coefficient (Wildman–Crippen LogP) is 3.21. The molecular weight excluding hydrogens is 384 g/mol. The third-order valence-electron chi connectivity index (χ3n) is 4.42. The molecule has 2 aromatic rings. The van der Waals surface area contributed by atoms with Gasteiger partial charge in [0.05, 0.1) is 35.0 Å². The maximum atomic E-state index is 5.92. The third kappa shape index (κ3) is 6.57. The lowest BCUT2D eigenvalue weighted by Gasteiger charge is -2.13. The number of ether oxygens (including phenoxy) is 5. The zero-order valence-corrected chi connectivity index (χ0v) is 18.2. The SMILES string of the molecule is COc1ccc(/C=C\c2cc(OC)c(OC)c(OC)c2)cc1OCCCNCCN. The van der Waals surface area contributed by atoms with Crippen molar-refractivity contribution in [1.82, 2.24) is 5.32 Å². The van der Waals surface area contributed by atoms with Crippen molar-refractivity contribution in [2.24, 2.45) is 5.73 Å². The summed E-state index contributed by atoms with van der Waals surface area (Å²) in [5.74, 6) is 3.20. The lowest BCUT2D eigenvalue weighted by Crippen LogP contribution is -2.24. The molecule has 0 aromatic heterocycles. The summed E-state index contributed by atoms with van der Waals surface area (Å²) in [4.78, 5) is 0. The summed E-state index contributed by atoms with van der Waals surface area (Å²) in [5.41, 5.74) is 7.38. The van der Waals surface area contributed by atoms with Gasteiger partial charge >= 0.3 is 0 Å². The van der Waals surface area contributed by atoms with Crippen LogP contribution in [0, 0.1) is 0 Å². The van der Waals surface area contributed by atoms with Crippen molar-refractivity contribution in [2.75, 3.05) is 54.7 Å². The molecule has 164 valence electrons. The summed E-state index contributed by atoms with van der Waals surface area (Å²) in [6.45, 7) is 2.90. The summed E-state index contributed by atoms with van der Waals surface area (Å²) in [6, 6.07) is 9.63. The third-order valence-corrected chi connectivity index (χ3v) is 4.42. The van der Waals surface area contributed by atoms with E-state index in [1.54, 1.807) is 28.4 Å². The number of hydrogen-bond acceptors (Lipinski definition) is 7. The Bertz CT molecular complexity index is 798. The van der Waals surface area contributed by atoms with Gasteiger partial charge in [0, 0.05) is 13.1 Å². The highest BCUT2D eigenvalue weighted by Gasteiger charge is 2.12. The van der Waals surface area contributed by atoms with Gasteiger partial charge < -0.3 is 34.7 Å². The molecule has 0 spiro atoms. The average Bonchev–Trinajstić information content (AvgIpc) is 2.79. The van der Waals surface area contributed by atoms with E-state index in [2.05, 4.69) is 5.32 Å². The van der Waals surface area contributed by atoms with Crippen molar-refractivity contribution < 1.29 is 23.7 Å². The molecular formula is C23H32N2O5. The number of benzene rings is 2. The van der Waals surface area contributed by atoms with Gasteiger partial charge in [-0.3, -0.25) is 0 Å². The topological polar surface area (TPSA) is 84.2 Å². The molecule has 30 heavy (non-hydrogen) atoms. The zero-order chi connectivity index (χ0) is 21.8. The van der Waals surface area contributed by atoms with Gasteiger partial charge in [-0.1, -0.05) is 18.2 Å². The van der Waals surface area contributed by atoms with Crippen LogP contribution in [-0.4, -0.2) is 54.7 Å².